The molecule has 0 spiro atoms. The van der Waals surface area contributed by atoms with Gasteiger partial charge < -0.3 is 0 Å². The molecule has 2 fully saturated rings. The Morgan fingerprint density at radius 3 is 2.61 bits per heavy atom. The largest absolute Gasteiger partial charge is 0.278 e. The number of likely N-dealkylation sites (tertiary alicyclic amines) is 1. The summed E-state index contributed by atoms with van der Waals surface area (Å²) in [5.41, 5.74) is 0.521. The Morgan fingerprint density at radius 2 is 2.00 bits per heavy atom. The van der Waals surface area contributed by atoms with Crippen LogP contribution in [0.25, 0.3) is 0 Å². The maximum absolute atomic E-state index is 13.1. The van der Waals surface area contributed by atoms with E-state index in [4.69, 9.17) is 5.26 Å². The highest BCUT2D eigenvalue weighted by Gasteiger charge is 2.58. The van der Waals surface area contributed by atoms with Gasteiger partial charge in [0.2, 0.25) is 11.8 Å². The molecule has 0 aromatic heterocycles. The van der Waals surface area contributed by atoms with Crippen LogP contribution in [0.5, 0.6) is 0 Å². The molecule has 2 unspecified atom stereocenters. The Morgan fingerprint density at radius 1 is 1.33 bits per heavy atom. The number of hydrogen-bond donors (Lipinski definition) is 0. The summed E-state index contributed by atoms with van der Waals surface area (Å²) in [4.78, 5) is 24.7. The molecular formula is C13H9FN2O2. The topological polar surface area (TPSA) is 61.2 Å². The molecule has 0 bridgehead atoms. The summed E-state index contributed by atoms with van der Waals surface area (Å²) < 4.78 is 13.1. The highest BCUT2D eigenvalue weighted by molar-refractivity contribution is 6.08. The third-order valence-electron chi connectivity index (χ3n) is 3.45. The molecule has 1 aromatic carbocycles. The normalized spacial score (nSPS) is 25.0. The van der Waals surface area contributed by atoms with Crippen LogP contribution >= 0.6 is 0 Å². The highest BCUT2D eigenvalue weighted by atomic mass is 19.1. The lowest BCUT2D eigenvalue weighted by atomic mass is 10.1. The molecule has 2 atom stereocenters. The molecule has 1 aliphatic carbocycles. The van der Waals surface area contributed by atoms with E-state index in [1.165, 1.54) is 23.1 Å². The van der Waals surface area contributed by atoms with E-state index in [0.717, 1.165) is 0 Å². The zero-order valence-corrected chi connectivity index (χ0v) is 9.39. The predicted molar refractivity (Wildman–Crippen MR) is 58.3 cm³/mol. The number of hydrogen-bond acceptors (Lipinski definition) is 3. The van der Waals surface area contributed by atoms with Gasteiger partial charge in [0, 0.05) is 0 Å². The molecule has 1 saturated carbocycles. The summed E-state index contributed by atoms with van der Waals surface area (Å²) >= 11 is 0. The summed E-state index contributed by atoms with van der Waals surface area (Å²) in [7, 11) is 0. The van der Waals surface area contributed by atoms with Crippen LogP contribution in [0.2, 0.25) is 0 Å². The first-order valence-corrected chi connectivity index (χ1v) is 5.65. The highest BCUT2D eigenvalue weighted by Crippen LogP contribution is 2.47. The zero-order valence-electron chi connectivity index (χ0n) is 9.39. The number of rotatable bonds is 2. The molecular weight excluding hydrogens is 235 g/mol. The molecule has 1 heterocycles. The van der Waals surface area contributed by atoms with Crippen molar-refractivity contribution in [3.63, 3.8) is 0 Å². The standard InChI is InChI=1S/C13H9FN2O2/c14-11-2-1-7(3-8(11)5-15)6-16-12(17)9-4-10(9)13(16)18/h1-3,9-10H,4,6H2. The minimum atomic E-state index is -0.594. The Balaban J connectivity index is 1.83. The molecule has 2 aliphatic rings. The molecule has 2 amide bonds. The Hall–Kier alpha value is -2.22. The zero-order chi connectivity index (χ0) is 12.9. The molecule has 0 radical (unpaired) electrons. The summed E-state index contributed by atoms with van der Waals surface area (Å²) in [5, 5.41) is 8.72. The quantitative estimate of drug-likeness (QED) is 0.734. The average Bonchev–Trinajstić information content (AvgIpc) is 3.12. The van der Waals surface area contributed by atoms with Gasteiger partial charge in [0.1, 0.15) is 11.9 Å². The van der Waals surface area contributed by atoms with Gasteiger partial charge in [-0.15, -0.1) is 0 Å². The predicted octanol–water partition coefficient (Wildman–Crippen LogP) is 1.20. The van der Waals surface area contributed by atoms with Crippen molar-refractivity contribution in [1.82, 2.24) is 4.90 Å². The second kappa shape index (κ2) is 3.64. The van der Waals surface area contributed by atoms with Crippen molar-refractivity contribution in [1.29, 1.82) is 5.26 Å². The Bertz CT molecular complexity index is 585. The van der Waals surface area contributed by atoms with E-state index in [0.29, 0.717) is 12.0 Å². The molecule has 1 saturated heterocycles. The van der Waals surface area contributed by atoms with Gasteiger partial charge in [0.25, 0.3) is 0 Å². The van der Waals surface area contributed by atoms with Crippen LogP contribution in [0.3, 0.4) is 0 Å². The lowest BCUT2D eigenvalue weighted by molar-refractivity contribution is -0.142. The second-order valence-electron chi connectivity index (χ2n) is 4.64. The van der Waals surface area contributed by atoms with Crippen molar-refractivity contribution in [3.8, 4) is 6.07 Å². The number of carbonyl (C=O) groups is 2. The number of carbonyl (C=O) groups excluding carboxylic acids is 2. The van der Waals surface area contributed by atoms with Gasteiger partial charge in [-0.2, -0.15) is 5.26 Å². The van der Waals surface area contributed by atoms with Crippen molar-refractivity contribution in [2.45, 2.75) is 13.0 Å². The minimum absolute atomic E-state index is 0.0724. The first kappa shape index (κ1) is 10.9. The van der Waals surface area contributed by atoms with Gasteiger partial charge in [-0.05, 0) is 24.1 Å². The van der Waals surface area contributed by atoms with Crippen molar-refractivity contribution < 1.29 is 14.0 Å². The van der Waals surface area contributed by atoms with Crippen LogP contribution in [0, 0.1) is 29.0 Å². The molecule has 4 nitrogen and oxygen atoms in total. The van der Waals surface area contributed by atoms with E-state index >= 15 is 0 Å². The summed E-state index contributed by atoms with van der Waals surface area (Å²) in [5.74, 6) is -1.15. The Kier molecular flexibility index (Phi) is 2.20. The maximum Gasteiger partial charge on any atom is 0.233 e. The van der Waals surface area contributed by atoms with E-state index in [1.807, 2.05) is 0 Å². The van der Waals surface area contributed by atoms with Gasteiger partial charge in [-0.25, -0.2) is 4.39 Å². The monoisotopic (exact) mass is 244 g/mol. The fourth-order valence-electron chi connectivity index (χ4n) is 2.34. The third-order valence-corrected chi connectivity index (χ3v) is 3.45. The molecule has 1 aromatic rings. The smallest absolute Gasteiger partial charge is 0.233 e. The number of piperidine rings is 1. The van der Waals surface area contributed by atoms with Crippen molar-refractivity contribution in [2.75, 3.05) is 0 Å². The van der Waals surface area contributed by atoms with E-state index in [-0.39, 0.29) is 35.8 Å². The van der Waals surface area contributed by atoms with E-state index < -0.39 is 5.82 Å². The molecule has 18 heavy (non-hydrogen) atoms. The summed E-state index contributed by atoms with van der Waals surface area (Å²) in [6, 6.07) is 5.78. The van der Waals surface area contributed by atoms with Crippen molar-refractivity contribution in [2.24, 2.45) is 11.8 Å². The van der Waals surface area contributed by atoms with Gasteiger partial charge in [0.05, 0.1) is 23.9 Å². The molecule has 5 heteroatoms. The van der Waals surface area contributed by atoms with Crippen molar-refractivity contribution >= 4 is 11.8 Å². The van der Waals surface area contributed by atoms with Gasteiger partial charge in [-0.3, -0.25) is 14.5 Å². The number of halogens is 1. The van der Waals surface area contributed by atoms with Crippen LogP contribution in [0.15, 0.2) is 18.2 Å². The fourth-order valence-corrected chi connectivity index (χ4v) is 2.34. The van der Waals surface area contributed by atoms with E-state index in [2.05, 4.69) is 0 Å². The molecule has 3 rings (SSSR count). The van der Waals surface area contributed by atoms with Crippen LogP contribution in [0.4, 0.5) is 4.39 Å². The van der Waals surface area contributed by atoms with Crippen molar-refractivity contribution in [3.05, 3.63) is 35.1 Å². The second-order valence-corrected chi connectivity index (χ2v) is 4.64. The van der Waals surface area contributed by atoms with E-state index in [9.17, 15) is 14.0 Å². The minimum Gasteiger partial charge on any atom is -0.278 e. The Labute approximate surface area is 103 Å². The lowest BCUT2D eigenvalue weighted by Gasteiger charge is -2.16. The van der Waals surface area contributed by atoms with Crippen LogP contribution in [-0.4, -0.2) is 16.7 Å². The molecule has 1 aliphatic heterocycles. The van der Waals surface area contributed by atoms with Crippen LogP contribution < -0.4 is 0 Å². The lowest BCUT2D eigenvalue weighted by Crippen LogP contribution is -2.32. The first-order valence-electron chi connectivity index (χ1n) is 5.65. The number of nitrogens with zero attached hydrogens (tertiary/aromatic N) is 2. The number of benzene rings is 1. The SMILES string of the molecule is N#Cc1cc(CN2C(=O)C3CC3C2=O)ccc1F. The number of imide groups is 1. The van der Waals surface area contributed by atoms with Crippen LogP contribution in [0.1, 0.15) is 17.5 Å². The van der Waals surface area contributed by atoms with Gasteiger partial charge in [-0.1, -0.05) is 6.07 Å². The van der Waals surface area contributed by atoms with Gasteiger partial charge in [0.15, 0.2) is 0 Å². The molecule has 90 valence electrons. The number of fused-ring (bicyclic) bond motifs is 1. The maximum atomic E-state index is 13.1. The summed E-state index contributed by atoms with van der Waals surface area (Å²) in [6.07, 6.45) is 0.668. The fraction of sp³-hybridized carbons (Fsp3) is 0.308. The third kappa shape index (κ3) is 1.50. The van der Waals surface area contributed by atoms with Gasteiger partial charge >= 0.3 is 0 Å². The first-order chi connectivity index (χ1) is 8.61. The molecule has 0 N–H and O–H groups in total. The van der Waals surface area contributed by atoms with Crippen LogP contribution in [-0.2, 0) is 16.1 Å². The number of amides is 2. The number of nitriles is 1. The van der Waals surface area contributed by atoms with E-state index in [1.54, 1.807) is 6.07 Å². The average molecular weight is 244 g/mol. The summed E-state index contributed by atoms with van der Waals surface area (Å²) in [6.45, 7) is 0.125.